The van der Waals surface area contributed by atoms with E-state index in [0.717, 1.165) is 19.3 Å². The molecule has 310 valence electrons. The number of nitrogens with one attached hydrogen (secondary N) is 3. The molecule has 4 fully saturated rings. The third kappa shape index (κ3) is 8.47. The molecule has 1 aromatic carbocycles. The number of thiazole rings is 1. The van der Waals surface area contributed by atoms with Crippen LogP contribution >= 0.6 is 22.9 Å². The maximum absolute atomic E-state index is 14.7. The van der Waals surface area contributed by atoms with Gasteiger partial charge in [-0.15, -0.1) is 11.3 Å². The Morgan fingerprint density at radius 1 is 1.09 bits per heavy atom. The number of aromatic nitrogens is 2. The number of amides is 3. The van der Waals surface area contributed by atoms with Gasteiger partial charge in [-0.05, 0) is 74.8 Å². The largest absolute Gasteiger partial charge is 0.488 e. The Bertz CT molecular complexity index is 2140. The molecule has 2 aromatic heterocycles. The summed E-state index contributed by atoms with van der Waals surface area (Å²) < 4.78 is 18.0. The van der Waals surface area contributed by atoms with Gasteiger partial charge in [0.15, 0.2) is 11.7 Å². The smallest absolute Gasteiger partial charge is 0.408 e. The van der Waals surface area contributed by atoms with E-state index in [4.69, 9.17) is 41.0 Å². The maximum Gasteiger partial charge on any atom is 0.408 e. The summed E-state index contributed by atoms with van der Waals surface area (Å²) in [6, 6.07) is 4.92. The van der Waals surface area contributed by atoms with Gasteiger partial charge in [0.2, 0.25) is 11.8 Å². The Hall–Kier alpha value is -4.88. The van der Waals surface area contributed by atoms with Crippen LogP contribution in [-0.4, -0.2) is 92.9 Å². The number of aliphatic carboxylic acids is 1. The zero-order chi connectivity index (χ0) is 41.7. The Morgan fingerprint density at radius 3 is 2.47 bits per heavy atom. The number of ether oxygens (including phenoxy) is 3. The number of benzene rings is 1. The first-order chi connectivity index (χ1) is 27.5. The second kappa shape index (κ2) is 16.1. The van der Waals surface area contributed by atoms with Gasteiger partial charge in [-0.1, -0.05) is 45.7 Å². The van der Waals surface area contributed by atoms with Gasteiger partial charge in [-0.3, -0.25) is 9.59 Å². The van der Waals surface area contributed by atoms with E-state index in [1.807, 2.05) is 53.0 Å². The van der Waals surface area contributed by atoms with Crippen LogP contribution in [0.4, 0.5) is 9.93 Å². The van der Waals surface area contributed by atoms with Crippen LogP contribution in [0.2, 0.25) is 5.02 Å². The van der Waals surface area contributed by atoms with Crippen LogP contribution in [0.15, 0.2) is 23.6 Å². The lowest BCUT2D eigenvalue weighted by atomic mass is 9.85. The quantitative estimate of drug-likeness (QED) is 0.139. The van der Waals surface area contributed by atoms with Crippen molar-refractivity contribution in [2.45, 2.75) is 116 Å². The number of likely N-dealkylation sites (tertiary alicyclic amines) is 1. The van der Waals surface area contributed by atoms with E-state index >= 15 is 0 Å². The standard InChI is InChI=1S/C41H50ClN7O8S/c1-7-23-17-41(23,37(52)53)48-35(50)29-15-25(18-49(29)36(51)34(40(4,5)6)47-39(54)57-24-13-21-12-22(21)14-24)56-31-16-27(28-19-58-38(46-28)44-20(2)3)45-33-26(31)8-9-30(32(33)42)55-11-10-43/h8-9,16,19-25,29,34H,7,11-15,17-18H2,1-6H3,(H,44,46)(H,47,54)(H,48,50)(H,52,53)/t21-,22+,23-,24+,25-,29+,34?,41-/m1/s1. The third-order valence-corrected chi connectivity index (χ3v) is 12.8. The van der Waals surface area contributed by atoms with Crippen molar-refractivity contribution in [3.05, 3.63) is 28.6 Å². The number of carboxylic acids is 1. The van der Waals surface area contributed by atoms with Crippen molar-refractivity contribution in [2.75, 3.05) is 18.5 Å². The molecular weight excluding hydrogens is 786 g/mol. The molecule has 3 amide bonds. The molecule has 3 aromatic rings. The minimum Gasteiger partial charge on any atom is -0.488 e. The number of carbonyl (C=O) groups excluding carboxylic acids is 3. The number of fused-ring (bicyclic) bond motifs is 2. The van der Waals surface area contributed by atoms with E-state index in [-0.39, 0.29) is 54.8 Å². The van der Waals surface area contributed by atoms with Crippen LogP contribution in [0, 0.1) is 34.5 Å². The highest BCUT2D eigenvalue weighted by Gasteiger charge is 2.61. The zero-order valence-corrected chi connectivity index (χ0v) is 35.0. The molecule has 1 aliphatic heterocycles. The minimum absolute atomic E-state index is 0.0195. The first kappa shape index (κ1) is 41.3. The predicted molar refractivity (Wildman–Crippen MR) is 217 cm³/mol. The summed E-state index contributed by atoms with van der Waals surface area (Å²) in [5.41, 5.74) is -0.909. The summed E-state index contributed by atoms with van der Waals surface area (Å²) in [6.45, 7) is 11.0. The fourth-order valence-corrected chi connectivity index (χ4v) is 9.50. The Balaban J connectivity index is 1.21. The van der Waals surface area contributed by atoms with E-state index in [0.29, 0.717) is 51.4 Å². The summed E-state index contributed by atoms with van der Waals surface area (Å²) in [5.74, 6) is -0.729. The van der Waals surface area contributed by atoms with Crippen molar-refractivity contribution >= 4 is 62.8 Å². The Kier molecular flexibility index (Phi) is 11.4. The van der Waals surface area contributed by atoms with Gasteiger partial charge in [0.25, 0.3) is 0 Å². The van der Waals surface area contributed by atoms with Gasteiger partial charge in [-0.25, -0.2) is 19.6 Å². The number of carboxylic acid groups (broad SMARTS) is 1. The van der Waals surface area contributed by atoms with Crippen LogP contribution < -0.4 is 25.4 Å². The topological polar surface area (TPSA) is 205 Å². The lowest BCUT2D eigenvalue weighted by Gasteiger charge is -2.35. The molecule has 8 atom stereocenters. The van der Waals surface area contributed by atoms with Crippen molar-refractivity contribution in [1.29, 1.82) is 5.26 Å². The van der Waals surface area contributed by atoms with Crippen molar-refractivity contribution in [2.24, 2.45) is 23.2 Å². The predicted octanol–water partition coefficient (Wildman–Crippen LogP) is 6.39. The molecule has 15 nitrogen and oxygen atoms in total. The van der Waals surface area contributed by atoms with E-state index in [9.17, 15) is 24.3 Å². The second-order valence-corrected chi connectivity index (χ2v) is 18.6. The molecule has 3 saturated carbocycles. The summed E-state index contributed by atoms with van der Waals surface area (Å²) >= 11 is 8.25. The highest BCUT2D eigenvalue weighted by atomic mass is 35.5. The average Bonchev–Trinajstić information content (AvgIpc) is 3.83. The molecule has 7 rings (SSSR count). The van der Waals surface area contributed by atoms with Crippen LogP contribution in [0.25, 0.3) is 22.3 Å². The first-order valence-electron chi connectivity index (χ1n) is 19.9. The molecule has 0 spiro atoms. The van der Waals surface area contributed by atoms with Crippen molar-refractivity contribution in [3.63, 3.8) is 0 Å². The molecule has 1 saturated heterocycles. The van der Waals surface area contributed by atoms with Crippen LogP contribution in [0.5, 0.6) is 11.5 Å². The summed E-state index contributed by atoms with van der Waals surface area (Å²) in [6.07, 6.45) is 1.99. The molecule has 3 heterocycles. The minimum atomic E-state index is -1.43. The van der Waals surface area contributed by atoms with E-state index < -0.39 is 53.0 Å². The second-order valence-electron chi connectivity index (χ2n) is 17.3. The van der Waals surface area contributed by atoms with Crippen molar-refractivity contribution in [1.82, 2.24) is 25.5 Å². The fourth-order valence-electron chi connectivity index (χ4n) is 8.39. The lowest BCUT2D eigenvalue weighted by Crippen LogP contribution is -2.59. The van der Waals surface area contributed by atoms with E-state index in [2.05, 4.69) is 16.0 Å². The third-order valence-electron chi connectivity index (χ3n) is 11.6. The molecule has 4 aliphatic rings. The molecular formula is C41H50ClN7O8S. The normalized spacial score (nSPS) is 26.4. The maximum atomic E-state index is 14.7. The number of nitriles is 1. The Labute approximate surface area is 346 Å². The van der Waals surface area contributed by atoms with Gasteiger partial charge in [-0.2, -0.15) is 5.26 Å². The molecule has 0 radical (unpaired) electrons. The first-order valence-corrected chi connectivity index (χ1v) is 21.1. The van der Waals surface area contributed by atoms with Crippen molar-refractivity contribution in [3.8, 4) is 29.0 Å². The van der Waals surface area contributed by atoms with Gasteiger partial charge in [0, 0.05) is 29.3 Å². The number of hydrogen-bond donors (Lipinski definition) is 4. The SMILES string of the molecule is CC[C@@H]1C[C@]1(NC(=O)[C@@H]1C[C@@H](Oc2cc(-c3csc(NC(C)C)n3)nc3c(Cl)c(OCC#N)ccc23)CN1C(=O)C(NC(=O)O[C@@H]1C[C@@H]2C[C@@H]2C1)C(C)(C)C)C(=O)O. The average molecular weight is 836 g/mol. The summed E-state index contributed by atoms with van der Waals surface area (Å²) in [7, 11) is 0. The molecule has 1 unspecified atom stereocenters. The molecule has 4 N–H and O–H groups in total. The summed E-state index contributed by atoms with van der Waals surface area (Å²) in [5, 5.41) is 31.4. The zero-order valence-electron chi connectivity index (χ0n) is 33.5. The number of anilines is 1. The Morgan fingerprint density at radius 2 is 1.83 bits per heavy atom. The van der Waals surface area contributed by atoms with Crippen LogP contribution in [0.1, 0.15) is 80.1 Å². The number of hydrogen-bond acceptors (Lipinski definition) is 12. The molecule has 17 heteroatoms. The van der Waals surface area contributed by atoms with Crippen molar-refractivity contribution < 1.29 is 38.5 Å². The van der Waals surface area contributed by atoms with Crippen LogP contribution in [-0.2, 0) is 19.1 Å². The van der Waals surface area contributed by atoms with E-state index in [1.54, 1.807) is 18.2 Å². The van der Waals surface area contributed by atoms with E-state index in [1.165, 1.54) is 16.2 Å². The van der Waals surface area contributed by atoms with Gasteiger partial charge in [0.05, 0.1) is 17.8 Å². The highest BCUT2D eigenvalue weighted by molar-refractivity contribution is 7.14. The summed E-state index contributed by atoms with van der Waals surface area (Å²) in [4.78, 5) is 65.6. The number of pyridine rings is 1. The van der Waals surface area contributed by atoms with Crippen LogP contribution in [0.3, 0.4) is 0 Å². The van der Waals surface area contributed by atoms with Gasteiger partial charge < -0.3 is 40.2 Å². The molecule has 3 aliphatic carbocycles. The number of nitrogens with zero attached hydrogens (tertiary/aromatic N) is 4. The number of carbonyl (C=O) groups is 4. The van der Waals surface area contributed by atoms with Gasteiger partial charge >= 0.3 is 12.1 Å². The fraction of sp³-hybridized carbons (Fsp3) is 0.585. The lowest BCUT2D eigenvalue weighted by molar-refractivity contribution is -0.146. The number of rotatable bonds is 14. The highest BCUT2D eigenvalue weighted by Crippen LogP contribution is 2.52. The number of alkyl carbamates (subject to hydrolysis) is 1. The number of halogens is 1. The van der Waals surface area contributed by atoms with Gasteiger partial charge in [0.1, 0.15) is 58.1 Å². The molecule has 58 heavy (non-hydrogen) atoms. The monoisotopic (exact) mass is 835 g/mol. The molecule has 0 bridgehead atoms.